The van der Waals surface area contributed by atoms with Crippen LogP contribution in [0.2, 0.25) is 0 Å². The molecule has 0 unspecified atom stereocenters. The Kier molecular flexibility index (Phi) is 3.41. The molecular formula is C16H16O6. The van der Waals surface area contributed by atoms with E-state index >= 15 is 0 Å². The highest BCUT2D eigenvalue weighted by molar-refractivity contribution is 5.85. The number of carbonyl (C=O) groups excluding carboxylic acids is 1. The van der Waals surface area contributed by atoms with Crippen LogP contribution in [0.25, 0.3) is 11.0 Å². The van der Waals surface area contributed by atoms with Gasteiger partial charge in [0.15, 0.2) is 5.43 Å². The Labute approximate surface area is 125 Å². The van der Waals surface area contributed by atoms with Crippen LogP contribution in [-0.4, -0.2) is 23.1 Å². The number of rotatable bonds is 2. The lowest BCUT2D eigenvalue weighted by Crippen LogP contribution is -2.32. The van der Waals surface area contributed by atoms with Gasteiger partial charge in [0.05, 0.1) is 7.11 Å². The summed E-state index contributed by atoms with van der Waals surface area (Å²) < 4.78 is 10.7. The Bertz CT molecular complexity index is 794. The fourth-order valence-electron chi connectivity index (χ4n) is 2.78. The Hall–Kier alpha value is -2.34. The lowest BCUT2D eigenvalue weighted by molar-refractivity contribution is -0.126. The average Bonchev–Trinajstić information content (AvgIpc) is 2.49. The first-order chi connectivity index (χ1) is 10.4. The van der Waals surface area contributed by atoms with Crippen LogP contribution < -0.4 is 10.2 Å². The third-order valence-corrected chi connectivity index (χ3v) is 4.11. The van der Waals surface area contributed by atoms with Crippen LogP contribution in [0.3, 0.4) is 0 Å². The lowest BCUT2D eigenvalue weighted by atomic mass is 9.82. The number of benzene rings is 1. The molecule has 1 aliphatic rings. The molecule has 6 heteroatoms. The smallest absolute Gasteiger partial charge is 0.196 e. The molecule has 1 heterocycles. The Morgan fingerprint density at radius 1 is 1.18 bits per heavy atom. The molecule has 1 aliphatic carbocycles. The third-order valence-electron chi connectivity index (χ3n) is 4.11. The van der Waals surface area contributed by atoms with Gasteiger partial charge in [0.1, 0.15) is 39.6 Å². The monoisotopic (exact) mass is 304 g/mol. The summed E-state index contributed by atoms with van der Waals surface area (Å²) in [6.07, 6.45) is 0.940. The van der Waals surface area contributed by atoms with Crippen molar-refractivity contribution in [2.45, 2.75) is 31.3 Å². The fraction of sp³-hybridized carbons (Fsp3) is 0.375. The highest BCUT2D eigenvalue weighted by Gasteiger charge is 2.37. The highest BCUT2D eigenvalue weighted by atomic mass is 16.5. The Morgan fingerprint density at radius 3 is 2.50 bits per heavy atom. The van der Waals surface area contributed by atoms with Gasteiger partial charge in [0, 0.05) is 31.0 Å². The van der Waals surface area contributed by atoms with Gasteiger partial charge in [-0.05, 0) is 12.8 Å². The molecule has 22 heavy (non-hydrogen) atoms. The minimum absolute atomic E-state index is 0.0417. The first-order valence-corrected chi connectivity index (χ1v) is 7.02. The van der Waals surface area contributed by atoms with Gasteiger partial charge in [0.2, 0.25) is 0 Å². The summed E-state index contributed by atoms with van der Waals surface area (Å²) in [5, 5.41) is 20.6. The van der Waals surface area contributed by atoms with E-state index in [1.165, 1.54) is 25.3 Å². The molecule has 0 radical (unpaired) electrons. The number of Topliss-reactive ketones (excluding diaryl/α,β-unsaturated/α-hetero) is 1. The zero-order valence-corrected chi connectivity index (χ0v) is 12.1. The molecule has 0 aliphatic heterocycles. The maximum Gasteiger partial charge on any atom is 0.196 e. The van der Waals surface area contributed by atoms with Crippen molar-refractivity contribution in [1.82, 2.24) is 0 Å². The van der Waals surface area contributed by atoms with Crippen molar-refractivity contribution in [2.24, 2.45) is 0 Å². The van der Waals surface area contributed by atoms with Gasteiger partial charge in [-0.25, -0.2) is 0 Å². The van der Waals surface area contributed by atoms with Crippen LogP contribution >= 0.6 is 0 Å². The summed E-state index contributed by atoms with van der Waals surface area (Å²) in [5.74, 6) is 0.314. The van der Waals surface area contributed by atoms with Gasteiger partial charge in [-0.3, -0.25) is 9.59 Å². The van der Waals surface area contributed by atoms with Crippen molar-refractivity contribution in [1.29, 1.82) is 0 Å². The molecule has 2 aromatic rings. The topological polar surface area (TPSA) is 97.0 Å². The number of hydrogen-bond acceptors (Lipinski definition) is 6. The Balaban J connectivity index is 2.16. The summed E-state index contributed by atoms with van der Waals surface area (Å²) in [5.41, 5.74) is -1.63. The number of aliphatic hydroxyl groups is 1. The molecule has 1 fully saturated rings. The number of phenols is 1. The minimum atomic E-state index is -1.33. The second-order valence-electron chi connectivity index (χ2n) is 5.56. The average molecular weight is 304 g/mol. The van der Waals surface area contributed by atoms with Gasteiger partial charge in [0.25, 0.3) is 0 Å². The van der Waals surface area contributed by atoms with Crippen LogP contribution in [0.1, 0.15) is 31.4 Å². The summed E-state index contributed by atoms with van der Waals surface area (Å²) in [4.78, 5) is 23.6. The lowest BCUT2D eigenvalue weighted by Gasteiger charge is -2.30. The van der Waals surface area contributed by atoms with Crippen molar-refractivity contribution in [3.05, 3.63) is 34.2 Å². The molecule has 1 saturated carbocycles. The van der Waals surface area contributed by atoms with E-state index < -0.39 is 11.0 Å². The number of aromatic hydroxyl groups is 1. The van der Waals surface area contributed by atoms with Crippen molar-refractivity contribution in [2.75, 3.05) is 7.11 Å². The maximum atomic E-state index is 12.2. The summed E-state index contributed by atoms with van der Waals surface area (Å²) in [7, 11) is 1.43. The van der Waals surface area contributed by atoms with Crippen LogP contribution in [0.15, 0.2) is 27.4 Å². The molecule has 2 N–H and O–H groups in total. The molecule has 0 bridgehead atoms. The van der Waals surface area contributed by atoms with Gasteiger partial charge in [-0.1, -0.05) is 0 Å². The molecule has 6 nitrogen and oxygen atoms in total. The minimum Gasteiger partial charge on any atom is -0.507 e. The summed E-state index contributed by atoms with van der Waals surface area (Å²) in [6.45, 7) is 0. The molecule has 0 atom stereocenters. The van der Waals surface area contributed by atoms with E-state index in [-0.39, 0.29) is 53.9 Å². The molecule has 0 amide bonds. The second kappa shape index (κ2) is 5.14. The van der Waals surface area contributed by atoms with E-state index in [4.69, 9.17) is 9.15 Å². The largest absolute Gasteiger partial charge is 0.507 e. The van der Waals surface area contributed by atoms with Crippen LogP contribution in [0, 0.1) is 0 Å². The summed E-state index contributed by atoms with van der Waals surface area (Å²) in [6, 6.07) is 3.99. The number of ether oxygens (including phenoxy) is 1. The Morgan fingerprint density at radius 2 is 1.86 bits per heavy atom. The maximum absolute atomic E-state index is 12.2. The van der Waals surface area contributed by atoms with Gasteiger partial charge >= 0.3 is 0 Å². The van der Waals surface area contributed by atoms with Crippen molar-refractivity contribution >= 4 is 16.8 Å². The predicted molar refractivity (Wildman–Crippen MR) is 78.1 cm³/mol. The number of methoxy groups -OCH3 is 1. The molecule has 0 spiro atoms. The van der Waals surface area contributed by atoms with Crippen molar-refractivity contribution in [3.63, 3.8) is 0 Å². The fourth-order valence-corrected chi connectivity index (χ4v) is 2.78. The van der Waals surface area contributed by atoms with Gasteiger partial charge in [-0.2, -0.15) is 0 Å². The van der Waals surface area contributed by atoms with E-state index in [2.05, 4.69) is 0 Å². The van der Waals surface area contributed by atoms with E-state index in [9.17, 15) is 19.8 Å². The molecular weight excluding hydrogens is 288 g/mol. The van der Waals surface area contributed by atoms with E-state index in [0.717, 1.165) is 0 Å². The molecule has 3 rings (SSSR count). The highest BCUT2D eigenvalue weighted by Crippen LogP contribution is 2.37. The number of hydrogen-bond donors (Lipinski definition) is 2. The number of fused-ring (bicyclic) bond motifs is 1. The van der Waals surface area contributed by atoms with E-state index in [1.807, 2.05) is 0 Å². The third kappa shape index (κ3) is 2.35. The zero-order valence-electron chi connectivity index (χ0n) is 12.1. The molecule has 0 saturated heterocycles. The number of carbonyl (C=O) groups is 1. The molecule has 116 valence electrons. The second-order valence-corrected chi connectivity index (χ2v) is 5.56. The van der Waals surface area contributed by atoms with Crippen LogP contribution in [0.4, 0.5) is 0 Å². The van der Waals surface area contributed by atoms with E-state index in [1.54, 1.807) is 0 Å². The normalized spacial score (nSPS) is 17.6. The first kappa shape index (κ1) is 14.6. The van der Waals surface area contributed by atoms with Crippen molar-refractivity contribution in [3.8, 4) is 11.5 Å². The zero-order chi connectivity index (χ0) is 15.9. The standard InChI is InChI=1S/C16H16O6/c1-21-10-6-11(18)15-12(19)8-14(22-13(15)7-10)16(20)4-2-9(17)3-5-16/h6-8,18,20H,2-5H2,1H3. The first-order valence-electron chi connectivity index (χ1n) is 7.02. The predicted octanol–water partition coefficient (Wildman–Crippen LogP) is 1.84. The van der Waals surface area contributed by atoms with Crippen molar-refractivity contribution < 1.29 is 24.2 Å². The number of ketones is 1. The van der Waals surface area contributed by atoms with Crippen LogP contribution in [0.5, 0.6) is 11.5 Å². The van der Waals surface area contributed by atoms with Crippen LogP contribution in [-0.2, 0) is 10.4 Å². The van der Waals surface area contributed by atoms with E-state index in [0.29, 0.717) is 5.75 Å². The quantitative estimate of drug-likeness (QED) is 0.878. The van der Waals surface area contributed by atoms with Gasteiger partial charge in [-0.15, -0.1) is 0 Å². The number of phenolic OH excluding ortho intramolecular Hbond substituents is 1. The van der Waals surface area contributed by atoms with Gasteiger partial charge < -0.3 is 19.4 Å². The molecule has 1 aromatic carbocycles. The summed E-state index contributed by atoms with van der Waals surface area (Å²) >= 11 is 0. The molecule has 1 aromatic heterocycles. The SMILES string of the molecule is COc1cc(O)c2c(=O)cc(C3(O)CCC(=O)CC3)oc2c1.